The van der Waals surface area contributed by atoms with Gasteiger partial charge in [-0.05, 0) is 30.9 Å². The highest BCUT2D eigenvalue weighted by Crippen LogP contribution is 2.28. The third kappa shape index (κ3) is 3.82. The summed E-state index contributed by atoms with van der Waals surface area (Å²) < 4.78 is 5.53. The van der Waals surface area contributed by atoms with Crippen LogP contribution < -0.4 is 5.32 Å². The van der Waals surface area contributed by atoms with Gasteiger partial charge in [0.2, 0.25) is 0 Å². The van der Waals surface area contributed by atoms with E-state index in [1.807, 2.05) is 6.92 Å². The molecule has 1 atom stereocenters. The first kappa shape index (κ1) is 14.1. The molecule has 102 valence electrons. The minimum atomic E-state index is 0.378. The van der Waals surface area contributed by atoms with Crippen LogP contribution in [0, 0.1) is 0 Å². The van der Waals surface area contributed by atoms with E-state index >= 15 is 0 Å². The SMILES string of the molecule is CCOCc1ccccc1NC(CC)c1cccs1. The lowest BCUT2D eigenvalue weighted by Crippen LogP contribution is -2.10. The van der Waals surface area contributed by atoms with Gasteiger partial charge in [-0.2, -0.15) is 0 Å². The molecule has 0 fully saturated rings. The van der Waals surface area contributed by atoms with Gasteiger partial charge in [0.15, 0.2) is 0 Å². The second-order valence-corrected chi connectivity index (χ2v) is 5.39. The van der Waals surface area contributed by atoms with Crippen molar-refractivity contribution in [3.8, 4) is 0 Å². The first-order valence-electron chi connectivity index (χ1n) is 6.80. The minimum absolute atomic E-state index is 0.378. The fourth-order valence-corrected chi connectivity index (χ4v) is 2.91. The van der Waals surface area contributed by atoms with Gasteiger partial charge in [-0.3, -0.25) is 0 Å². The van der Waals surface area contributed by atoms with E-state index in [2.05, 4.69) is 54.0 Å². The normalized spacial score (nSPS) is 12.3. The van der Waals surface area contributed by atoms with E-state index in [1.165, 1.54) is 16.1 Å². The zero-order valence-electron chi connectivity index (χ0n) is 11.6. The largest absolute Gasteiger partial charge is 0.377 e. The number of anilines is 1. The van der Waals surface area contributed by atoms with E-state index in [0.717, 1.165) is 13.0 Å². The highest BCUT2D eigenvalue weighted by molar-refractivity contribution is 7.10. The lowest BCUT2D eigenvalue weighted by atomic mass is 10.1. The molecule has 0 saturated heterocycles. The van der Waals surface area contributed by atoms with Gasteiger partial charge < -0.3 is 10.1 Å². The Kier molecular flexibility index (Phi) is 5.43. The van der Waals surface area contributed by atoms with Crippen molar-refractivity contribution in [2.75, 3.05) is 11.9 Å². The topological polar surface area (TPSA) is 21.3 Å². The van der Waals surface area contributed by atoms with E-state index in [-0.39, 0.29) is 0 Å². The Hall–Kier alpha value is -1.32. The molecule has 1 aromatic heterocycles. The summed E-state index contributed by atoms with van der Waals surface area (Å²) in [5.74, 6) is 0. The summed E-state index contributed by atoms with van der Waals surface area (Å²) in [5.41, 5.74) is 2.40. The molecule has 0 aliphatic rings. The van der Waals surface area contributed by atoms with Gasteiger partial charge in [-0.25, -0.2) is 0 Å². The molecule has 1 heterocycles. The number of para-hydroxylation sites is 1. The van der Waals surface area contributed by atoms with Crippen LogP contribution >= 0.6 is 11.3 Å². The molecule has 0 saturated carbocycles. The summed E-state index contributed by atoms with van der Waals surface area (Å²) in [4.78, 5) is 1.38. The molecular weight excluding hydrogens is 254 g/mol. The molecule has 0 aliphatic heterocycles. The first-order valence-corrected chi connectivity index (χ1v) is 7.68. The Morgan fingerprint density at radius 1 is 1.16 bits per heavy atom. The second kappa shape index (κ2) is 7.31. The molecule has 1 N–H and O–H groups in total. The summed E-state index contributed by atoms with van der Waals surface area (Å²) in [6.07, 6.45) is 1.07. The van der Waals surface area contributed by atoms with Gasteiger partial charge in [-0.15, -0.1) is 11.3 Å². The van der Waals surface area contributed by atoms with Crippen molar-refractivity contribution in [2.24, 2.45) is 0 Å². The van der Waals surface area contributed by atoms with Crippen molar-refractivity contribution in [1.29, 1.82) is 0 Å². The molecule has 0 aliphatic carbocycles. The number of benzene rings is 1. The highest BCUT2D eigenvalue weighted by atomic mass is 32.1. The van der Waals surface area contributed by atoms with E-state index in [4.69, 9.17) is 4.74 Å². The van der Waals surface area contributed by atoms with Gasteiger partial charge in [0.05, 0.1) is 12.6 Å². The van der Waals surface area contributed by atoms with Crippen LogP contribution in [0.2, 0.25) is 0 Å². The van der Waals surface area contributed by atoms with Crippen molar-refractivity contribution in [3.63, 3.8) is 0 Å². The van der Waals surface area contributed by atoms with Crippen LogP contribution in [0.3, 0.4) is 0 Å². The van der Waals surface area contributed by atoms with Crippen molar-refractivity contribution in [1.82, 2.24) is 0 Å². The Morgan fingerprint density at radius 3 is 2.68 bits per heavy atom. The van der Waals surface area contributed by atoms with Gasteiger partial charge in [-0.1, -0.05) is 31.2 Å². The minimum Gasteiger partial charge on any atom is -0.377 e. The van der Waals surface area contributed by atoms with E-state index in [9.17, 15) is 0 Å². The van der Waals surface area contributed by atoms with Crippen molar-refractivity contribution >= 4 is 17.0 Å². The molecule has 1 aromatic carbocycles. The molecule has 19 heavy (non-hydrogen) atoms. The third-order valence-corrected chi connectivity index (χ3v) is 4.09. The van der Waals surface area contributed by atoms with Crippen molar-refractivity contribution < 1.29 is 4.74 Å². The predicted octanol–water partition coefficient (Wildman–Crippen LogP) is 4.85. The zero-order chi connectivity index (χ0) is 13.5. The van der Waals surface area contributed by atoms with Crippen molar-refractivity contribution in [3.05, 3.63) is 52.2 Å². The predicted molar refractivity (Wildman–Crippen MR) is 82.7 cm³/mol. The Labute approximate surface area is 119 Å². The maximum atomic E-state index is 5.53. The smallest absolute Gasteiger partial charge is 0.0736 e. The van der Waals surface area contributed by atoms with Crippen LogP contribution in [0.5, 0.6) is 0 Å². The summed E-state index contributed by atoms with van der Waals surface area (Å²) in [5, 5.41) is 5.77. The summed E-state index contributed by atoms with van der Waals surface area (Å²) in [6, 6.07) is 13.1. The van der Waals surface area contributed by atoms with E-state index < -0.39 is 0 Å². The van der Waals surface area contributed by atoms with Gasteiger partial charge in [0.25, 0.3) is 0 Å². The monoisotopic (exact) mass is 275 g/mol. The van der Waals surface area contributed by atoms with Gasteiger partial charge in [0, 0.05) is 22.7 Å². The van der Waals surface area contributed by atoms with Crippen LogP contribution in [0.1, 0.15) is 36.8 Å². The fraction of sp³-hybridized carbons (Fsp3) is 0.375. The molecule has 3 heteroatoms. The number of hydrogen-bond acceptors (Lipinski definition) is 3. The molecule has 0 radical (unpaired) electrons. The highest BCUT2D eigenvalue weighted by Gasteiger charge is 2.11. The van der Waals surface area contributed by atoms with Gasteiger partial charge >= 0.3 is 0 Å². The standard InChI is InChI=1S/C16H21NOS/c1-3-14(16-10-7-11-19-16)17-15-9-6-5-8-13(15)12-18-4-2/h5-11,14,17H,3-4,12H2,1-2H3. The molecule has 0 amide bonds. The lowest BCUT2D eigenvalue weighted by molar-refractivity contribution is 0.134. The molecule has 0 spiro atoms. The second-order valence-electron chi connectivity index (χ2n) is 4.41. The Bertz CT molecular complexity index is 481. The molecule has 2 rings (SSSR count). The Balaban J connectivity index is 2.13. The molecule has 2 nitrogen and oxygen atoms in total. The summed E-state index contributed by atoms with van der Waals surface area (Å²) >= 11 is 1.80. The summed E-state index contributed by atoms with van der Waals surface area (Å²) in [7, 11) is 0. The van der Waals surface area contributed by atoms with Crippen LogP contribution in [-0.4, -0.2) is 6.61 Å². The van der Waals surface area contributed by atoms with Crippen molar-refractivity contribution in [2.45, 2.75) is 32.9 Å². The third-order valence-electron chi connectivity index (χ3n) is 3.10. The first-order chi connectivity index (χ1) is 9.35. The van der Waals surface area contributed by atoms with Crippen LogP contribution in [0.4, 0.5) is 5.69 Å². The van der Waals surface area contributed by atoms with E-state index in [1.54, 1.807) is 11.3 Å². The number of hydrogen-bond donors (Lipinski definition) is 1. The number of nitrogens with one attached hydrogen (secondary N) is 1. The quantitative estimate of drug-likeness (QED) is 0.780. The van der Waals surface area contributed by atoms with E-state index in [0.29, 0.717) is 12.6 Å². The number of thiophene rings is 1. The van der Waals surface area contributed by atoms with Crippen LogP contribution in [-0.2, 0) is 11.3 Å². The number of ether oxygens (including phenoxy) is 1. The Morgan fingerprint density at radius 2 is 2.00 bits per heavy atom. The van der Waals surface area contributed by atoms with Gasteiger partial charge in [0.1, 0.15) is 0 Å². The van der Waals surface area contributed by atoms with Crippen LogP contribution in [0.25, 0.3) is 0 Å². The maximum Gasteiger partial charge on any atom is 0.0736 e. The molecular formula is C16H21NOS. The molecule has 0 bridgehead atoms. The number of rotatable bonds is 7. The zero-order valence-corrected chi connectivity index (χ0v) is 12.4. The lowest BCUT2D eigenvalue weighted by Gasteiger charge is -2.19. The fourth-order valence-electron chi connectivity index (χ4n) is 2.05. The molecule has 2 aromatic rings. The van der Waals surface area contributed by atoms with Crippen LogP contribution in [0.15, 0.2) is 41.8 Å². The molecule has 1 unspecified atom stereocenters. The summed E-state index contributed by atoms with van der Waals surface area (Å²) in [6.45, 7) is 5.65. The average molecular weight is 275 g/mol. The maximum absolute atomic E-state index is 5.53. The average Bonchev–Trinajstić information content (AvgIpc) is 2.97.